The van der Waals surface area contributed by atoms with Crippen LogP contribution < -0.4 is 31.1 Å². The maximum atomic E-state index is 13.0. The van der Waals surface area contributed by atoms with Gasteiger partial charge in [0, 0.05) is 97.9 Å². The van der Waals surface area contributed by atoms with Crippen molar-refractivity contribution in [3.63, 3.8) is 0 Å². The topological polar surface area (TPSA) is 208 Å². The number of rotatable bonds is 15. The molecule has 0 spiro atoms. The molecule has 18 nitrogen and oxygen atoms in total. The molecule has 2 aliphatic heterocycles. The number of carbonyl (C=O) groups excluding carboxylic acids is 2. The molecule has 0 bridgehead atoms. The molecule has 22 heteroatoms. The SMILES string of the molecule is O=C(CCC(=O)Nc1cccc(Nc2ncnc(N3CCN(Cc4ccccc4Cl)CC3)n2)c1)Nc1cccc(Nc2ncnc(N3CCC(c4nc(-c5ccc(C(F)(F)F)cc5)no4)CC3)n2)c1. The summed E-state index contributed by atoms with van der Waals surface area (Å²) in [5.74, 6) is 1.65. The summed E-state index contributed by atoms with van der Waals surface area (Å²) in [6, 6.07) is 26.7. The third-order valence-corrected chi connectivity index (χ3v) is 11.9. The van der Waals surface area contributed by atoms with Crippen LogP contribution in [-0.4, -0.2) is 96.0 Å². The van der Waals surface area contributed by atoms with Crippen LogP contribution in [0.4, 0.5) is 59.7 Å². The van der Waals surface area contributed by atoms with E-state index < -0.39 is 11.7 Å². The lowest BCUT2D eigenvalue weighted by Crippen LogP contribution is -2.46. The Morgan fingerprint density at radius 3 is 1.77 bits per heavy atom. The van der Waals surface area contributed by atoms with Gasteiger partial charge in [0.25, 0.3) is 0 Å². The summed E-state index contributed by atoms with van der Waals surface area (Å²) in [4.78, 5) is 63.4. The van der Waals surface area contributed by atoms with E-state index in [4.69, 9.17) is 16.1 Å². The molecular formula is C47H45ClF3N15O3. The fraction of sp³-hybridized carbons (Fsp3) is 0.277. The Balaban J connectivity index is 0.708. The van der Waals surface area contributed by atoms with Crippen LogP contribution >= 0.6 is 11.6 Å². The van der Waals surface area contributed by atoms with E-state index in [0.29, 0.717) is 83.9 Å². The molecule has 2 saturated heterocycles. The van der Waals surface area contributed by atoms with E-state index in [1.807, 2.05) is 35.2 Å². The lowest BCUT2D eigenvalue weighted by atomic mass is 9.97. The van der Waals surface area contributed by atoms with Gasteiger partial charge in [-0.05, 0) is 73.0 Å². The molecule has 0 saturated carbocycles. The number of piperazine rings is 1. The second-order valence-electron chi connectivity index (χ2n) is 16.4. The number of amides is 2. The molecule has 2 aliphatic rings. The molecule has 354 valence electrons. The van der Waals surface area contributed by atoms with Gasteiger partial charge in [-0.2, -0.15) is 28.1 Å². The van der Waals surface area contributed by atoms with E-state index in [9.17, 15) is 22.8 Å². The van der Waals surface area contributed by atoms with Gasteiger partial charge in [0.15, 0.2) is 0 Å². The van der Waals surface area contributed by atoms with Crippen LogP contribution in [0.1, 0.15) is 48.6 Å². The van der Waals surface area contributed by atoms with Crippen LogP contribution in [0.15, 0.2) is 114 Å². The zero-order valence-corrected chi connectivity index (χ0v) is 37.7. The number of alkyl halides is 3. The van der Waals surface area contributed by atoms with E-state index >= 15 is 0 Å². The van der Waals surface area contributed by atoms with Gasteiger partial charge in [-0.15, -0.1) is 0 Å². The van der Waals surface area contributed by atoms with E-state index in [1.165, 1.54) is 24.8 Å². The highest BCUT2D eigenvalue weighted by Gasteiger charge is 2.31. The highest BCUT2D eigenvalue weighted by Crippen LogP contribution is 2.33. The van der Waals surface area contributed by atoms with E-state index in [0.717, 1.165) is 55.4 Å². The zero-order chi connectivity index (χ0) is 47.7. The Bertz CT molecular complexity index is 2890. The number of hydrogen-bond donors (Lipinski definition) is 4. The molecule has 0 aliphatic carbocycles. The van der Waals surface area contributed by atoms with Gasteiger partial charge in [0.05, 0.1) is 5.56 Å². The van der Waals surface area contributed by atoms with Crippen LogP contribution in [0, 0.1) is 0 Å². The van der Waals surface area contributed by atoms with Crippen molar-refractivity contribution in [3.05, 3.63) is 132 Å². The second-order valence-corrected chi connectivity index (χ2v) is 16.8. The summed E-state index contributed by atoms with van der Waals surface area (Å²) in [6.07, 6.45) is -0.327. The zero-order valence-electron chi connectivity index (χ0n) is 36.9. The van der Waals surface area contributed by atoms with Gasteiger partial charge < -0.3 is 35.6 Å². The highest BCUT2D eigenvalue weighted by molar-refractivity contribution is 6.31. The smallest absolute Gasteiger partial charge is 0.341 e. The third-order valence-electron chi connectivity index (χ3n) is 11.5. The summed E-state index contributed by atoms with van der Waals surface area (Å²) in [7, 11) is 0. The normalized spacial score (nSPS) is 14.6. The minimum atomic E-state index is -4.43. The number of nitrogens with zero attached hydrogens (tertiary/aromatic N) is 11. The van der Waals surface area contributed by atoms with Gasteiger partial charge in [0.2, 0.25) is 47.3 Å². The van der Waals surface area contributed by atoms with Crippen molar-refractivity contribution in [1.29, 1.82) is 0 Å². The van der Waals surface area contributed by atoms with Crippen molar-refractivity contribution in [1.82, 2.24) is 44.9 Å². The molecule has 5 heterocycles. The Hall–Kier alpha value is -7.78. The van der Waals surface area contributed by atoms with Crippen LogP contribution in [-0.2, 0) is 22.3 Å². The van der Waals surface area contributed by atoms with Gasteiger partial charge in [-0.3, -0.25) is 14.5 Å². The van der Waals surface area contributed by atoms with Gasteiger partial charge in [-0.25, -0.2) is 19.9 Å². The van der Waals surface area contributed by atoms with Crippen molar-refractivity contribution in [2.45, 2.75) is 44.3 Å². The molecule has 4 aromatic carbocycles. The van der Waals surface area contributed by atoms with Crippen LogP contribution in [0.5, 0.6) is 0 Å². The predicted octanol–water partition coefficient (Wildman–Crippen LogP) is 8.33. The molecule has 0 radical (unpaired) electrons. The van der Waals surface area contributed by atoms with Gasteiger partial charge in [0.1, 0.15) is 12.7 Å². The average Bonchev–Trinajstić information content (AvgIpc) is 3.85. The highest BCUT2D eigenvalue weighted by atomic mass is 35.5. The van der Waals surface area contributed by atoms with Crippen LogP contribution in [0.2, 0.25) is 5.02 Å². The Morgan fingerprint density at radius 2 is 1.20 bits per heavy atom. The van der Waals surface area contributed by atoms with Crippen molar-refractivity contribution < 1.29 is 27.3 Å². The minimum Gasteiger partial charge on any atom is -0.341 e. The number of anilines is 8. The minimum absolute atomic E-state index is 0.0431. The fourth-order valence-corrected chi connectivity index (χ4v) is 8.10. The molecule has 2 fully saturated rings. The molecule has 9 rings (SSSR count). The van der Waals surface area contributed by atoms with Crippen LogP contribution in [0.25, 0.3) is 11.4 Å². The first kappa shape index (κ1) is 46.3. The largest absolute Gasteiger partial charge is 0.416 e. The molecule has 3 aromatic heterocycles. The number of piperidine rings is 1. The Kier molecular flexibility index (Phi) is 14.1. The maximum Gasteiger partial charge on any atom is 0.416 e. The second kappa shape index (κ2) is 21.0. The predicted molar refractivity (Wildman–Crippen MR) is 253 cm³/mol. The number of hydrogen-bond acceptors (Lipinski definition) is 16. The molecule has 69 heavy (non-hydrogen) atoms. The summed E-state index contributed by atoms with van der Waals surface area (Å²) < 4.78 is 44.5. The quantitative estimate of drug-likeness (QED) is 0.0762. The molecule has 4 N–H and O–H groups in total. The number of benzene rings is 4. The van der Waals surface area contributed by atoms with Gasteiger partial charge >= 0.3 is 6.18 Å². The number of aromatic nitrogens is 8. The summed E-state index contributed by atoms with van der Waals surface area (Å²) in [6.45, 7) is 5.13. The molecule has 2 amide bonds. The average molecular weight is 960 g/mol. The molecule has 0 unspecified atom stereocenters. The maximum absolute atomic E-state index is 13.0. The van der Waals surface area contributed by atoms with Crippen molar-refractivity contribution >= 4 is 70.0 Å². The van der Waals surface area contributed by atoms with Crippen molar-refractivity contribution in [2.24, 2.45) is 0 Å². The van der Waals surface area contributed by atoms with Crippen molar-refractivity contribution in [2.75, 3.05) is 70.3 Å². The number of halogens is 4. The summed E-state index contributed by atoms with van der Waals surface area (Å²) in [5.41, 5.74) is 3.12. The lowest BCUT2D eigenvalue weighted by molar-refractivity contribution is -0.137. The van der Waals surface area contributed by atoms with Crippen molar-refractivity contribution in [3.8, 4) is 11.4 Å². The van der Waals surface area contributed by atoms with Gasteiger partial charge in [-0.1, -0.05) is 59.2 Å². The van der Waals surface area contributed by atoms with Crippen LogP contribution in [0.3, 0.4) is 0 Å². The molecular weight excluding hydrogens is 915 g/mol. The summed E-state index contributed by atoms with van der Waals surface area (Å²) in [5, 5.41) is 16.8. The molecule has 7 aromatic rings. The number of carbonyl (C=O) groups is 2. The molecule has 0 atom stereocenters. The third kappa shape index (κ3) is 12.2. The summed E-state index contributed by atoms with van der Waals surface area (Å²) >= 11 is 6.37. The Labute approximate surface area is 398 Å². The Morgan fingerprint density at radius 1 is 0.652 bits per heavy atom. The first-order chi connectivity index (χ1) is 33.5. The van der Waals surface area contributed by atoms with E-state index in [-0.39, 0.29) is 36.4 Å². The first-order valence-electron chi connectivity index (χ1n) is 22.2. The van der Waals surface area contributed by atoms with E-state index in [1.54, 1.807) is 42.5 Å². The number of nitrogens with one attached hydrogen (secondary N) is 4. The first-order valence-corrected chi connectivity index (χ1v) is 22.5. The standard InChI is InChI=1S/C47H45ClF3N15O3/c48-38-10-2-1-5-32(38)27-64-21-23-66(24-22-64)46-55-29-53-44(62-46)59-37-9-4-7-35(26-37)57-40(68)16-15-39(67)56-34-6-3-8-36(25-34)58-43-52-28-54-45(61-43)65-19-17-31(18-20-65)42-60-41(63-69-42)30-11-13-33(14-12-30)47(49,50)51/h1-14,25-26,28-29,31H,15-24,27H2,(H,56,67)(H,57,68)(H,52,54,58,61)(H,53,55,59,62). The van der Waals surface area contributed by atoms with E-state index in [2.05, 4.69) is 71.1 Å². The fourth-order valence-electron chi connectivity index (χ4n) is 7.91. The lowest BCUT2D eigenvalue weighted by Gasteiger charge is -2.34. The monoisotopic (exact) mass is 959 g/mol.